The number of piperidine rings is 1. The van der Waals surface area contributed by atoms with Gasteiger partial charge in [-0.25, -0.2) is 0 Å². The van der Waals surface area contributed by atoms with Crippen LogP contribution in [0.2, 0.25) is 0 Å². The van der Waals surface area contributed by atoms with Crippen LogP contribution >= 0.6 is 0 Å². The SMILES string of the molecule is CC.CC.CC1=C2CC3C(CCC4CC(=O)CCC43C)C2CCC2(C1)CC1C(CC(C)CN1C(C)C)O2. The van der Waals surface area contributed by atoms with Gasteiger partial charge < -0.3 is 4.74 Å². The largest absolute Gasteiger partial charge is 0.370 e. The van der Waals surface area contributed by atoms with Crippen LogP contribution in [0.3, 0.4) is 0 Å². The second-order valence-electron chi connectivity index (χ2n) is 13.9. The van der Waals surface area contributed by atoms with E-state index in [4.69, 9.17) is 4.74 Å². The molecule has 0 aromatic heterocycles. The minimum atomic E-state index is 0.0851. The van der Waals surface area contributed by atoms with Crippen molar-refractivity contribution in [2.24, 2.45) is 35.0 Å². The van der Waals surface area contributed by atoms with Gasteiger partial charge in [0.2, 0.25) is 0 Å². The number of ketones is 1. The van der Waals surface area contributed by atoms with Gasteiger partial charge in [0.15, 0.2) is 0 Å². The fourth-order valence-corrected chi connectivity index (χ4v) is 10.1. The maximum Gasteiger partial charge on any atom is 0.133 e. The van der Waals surface area contributed by atoms with Gasteiger partial charge in [-0.3, -0.25) is 9.69 Å². The minimum Gasteiger partial charge on any atom is -0.370 e. The molecule has 0 aromatic rings. The van der Waals surface area contributed by atoms with Gasteiger partial charge >= 0.3 is 0 Å². The molecule has 3 heteroatoms. The van der Waals surface area contributed by atoms with Gasteiger partial charge in [-0.05, 0) is 114 Å². The first-order chi connectivity index (χ1) is 17.7. The summed E-state index contributed by atoms with van der Waals surface area (Å²) >= 11 is 0. The molecule has 3 nitrogen and oxygen atoms in total. The predicted molar refractivity (Wildman–Crippen MR) is 156 cm³/mol. The molecule has 0 amide bonds. The summed E-state index contributed by atoms with van der Waals surface area (Å²) in [6.07, 6.45) is 13.5. The Hall–Kier alpha value is -0.670. The molecule has 37 heavy (non-hydrogen) atoms. The molecule has 212 valence electrons. The molecule has 1 spiro atoms. The Kier molecular flexibility index (Phi) is 9.06. The average molecular weight is 514 g/mol. The van der Waals surface area contributed by atoms with Crippen molar-refractivity contribution in [2.75, 3.05) is 6.54 Å². The summed E-state index contributed by atoms with van der Waals surface area (Å²) in [6.45, 7) is 21.4. The van der Waals surface area contributed by atoms with Gasteiger partial charge in [-0.2, -0.15) is 0 Å². The summed E-state index contributed by atoms with van der Waals surface area (Å²) in [6, 6.07) is 1.24. The molecule has 2 saturated heterocycles. The van der Waals surface area contributed by atoms with E-state index >= 15 is 0 Å². The van der Waals surface area contributed by atoms with E-state index in [0.29, 0.717) is 35.3 Å². The molecule has 4 aliphatic carbocycles. The monoisotopic (exact) mass is 513 g/mol. The summed E-state index contributed by atoms with van der Waals surface area (Å²) in [5.41, 5.74) is 4.00. The summed E-state index contributed by atoms with van der Waals surface area (Å²) in [7, 11) is 0. The first kappa shape index (κ1) is 29.3. The van der Waals surface area contributed by atoms with Crippen molar-refractivity contribution in [3.05, 3.63) is 11.1 Å². The first-order valence-corrected chi connectivity index (χ1v) is 16.3. The van der Waals surface area contributed by atoms with Crippen LogP contribution in [0.25, 0.3) is 0 Å². The zero-order valence-electron chi connectivity index (χ0n) is 25.9. The fourth-order valence-electron chi connectivity index (χ4n) is 10.1. The van der Waals surface area contributed by atoms with Crippen LogP contribution in [0.5, 0.6) is 0 Å². The number of ether oxygens (including phenoxy) is 1. The van der Waals surface area contributed by atoms with E-state index in [1.165, 1.54) is 57.9 Å². The molecule has 2 aliphatic heterocycles. The molecular weight excluding hydrogens is 454 g/mol. The third kappa shape index (κ3) is 5.15. The van der Waals surface area contributed by atoms with Gasteiger partial charge in [0.25, 0.3) is 0 Å². The number of carbonyl (C=O) groups excluding carboxylic acids is 1. The van der Waals surface area contributed by atoms with Crippen LogP contribution in [0, 0.1) is 35.0 Å². The van der Waals surface area contributed by atoms with E-state index in [-0.39, 0.29) is 5.60 Å². The molecule has 0 radical (unpaired) electrons. The number of hydrogen-bond acceptors (Lipinski definition) is 3. The molecule has 0 bridgehead atoms. The summed E-state index contributed by atoms with van der Waals surface area (Å²) < 4.78 is 7.10. The van der Waals surface area contributed by atoms with Crippen molar-refractivity contribution < 1.29 is 9.53 Å². The van der Waals surface area contributed by atoms with Gasteiger partial charge in [0, 0.05) is 31.5 Å². The summed E-state index contributed by atoms with van der Waals surface area (Å²) in [4.78, 5) is 15.0. The third-order valence-corrected chi connectivity index (χ3v) is 11.7. The number of nitrogens with zero attached hydrogens (tertiary/aromatic N) is 1. The second kappa shape index (κ2) is 11.4. The number of allylic oxidation sites excluding steroid dienone is 1. The van der Waals surface area contributed by atoms with Gasteiger partial charge in [-0.15, -0.1) is 0 Å². The first-order valence-electron chi connectivity index (χ1n) is 16.3. The highest BCUT2D eigenvalue weighted by Gasteiger charge is 2.58. The van der Waals surface area contributed by atoms with Crippen molar-refractivity contribution in [3.8, 4) is 0 Å². The molecule has 6 aliphatic rings. The molecule has 6 rings (SSSR count). The molecule has 5 fully saturated rings. The molecule has 2 heterocycles. The van der Waals surface area contributed by atoms with E-state index in [0.717, 1.165) is 42.9 Å². The Bertz CT molecular complexity index is 847. The summed E-state index contributed by atoms with van der Waals surface area (Å²) in [5, 5.41) is 0. The third-order valence-electron chi connectivity index (χ3n) is 11.7. The quantitative estimate of drug-likeness (QED) is 0.329. The smallest absolute Gasteiger partial charge is 0.133 e. The van der Waals surface area contributed by atoms with Crippen LogP contribution in [-0.4, -0.2) is 41.0 Å². The van der Waals surface area contributed by atoms with Gasteiger partial charge in [0.1, 0.15) is 5.78 Å². The minimum absolute atomic E-state index is 0.0851. The number of likely N-dealkylation sites (tertiary alicyclic amines) is 1. The maximum atomic E-state index is 12.2. The highest BCUT2D eigenvalue weighted by Crippen LogP contribution is 2.64. The lowest BCUT2D eigenvalue weighted by Crippen LogP contribution is -2.51. The summed E-state index contributed by atoms with van der Waals surface area (Å²) in [5.74, 6) is 4.39. The van der Waals surface area contributed by atoms with E-state index in [2.05, 4.69) is 39.5 Å². The zero-order valence-corrected chi connectivity index (χ0v) is 25.9. The zero-order chi connectivity index (χ0) is 27.1. The topological polar surface area (TPSA) is 29.5 Å². The molecule has 9 unspecified atom stereocenters. The highest BCUT2D eigenvalue weighted by molar-refractivity contribution is 5.79. The molecule has 0 N–H and O–H groups in total. The van der Waals surface area contributed by atoms with E-state index in [9.17, 15) is 4.79 Å². The lowest BCUT2D eigenvalue weighted by atomic mass is 9.52. The Labute approximate surface area is 229 Å². The standard InChI is InChI=1S/C30H47NO2.2C2H6/c1-18(2)31-17-19(3)12-28-27(31)16-30(33-28)11-9-23-24-7-6-21-13-22(32)8-10-29(21,5)26(24)14-25(23)20(4)15-30;2*1-2/h18-19,21,23-24,26-28H,6-17H2,1-5H3;2*1-2H3. The van der Waals surface area contributed by atoms with Crippen molar-refractivity contribution in [3.63, 3.8) is 0 Å². The molecule has 9 atom stereocenters. The van der Waals surface area contributed by atoms with Crippen LogP contribution in [0.1, 0.15) is 133 Å². The second-order valence-corrected chi connectivity index (χ2v) is 13.9. The Morgan fingerprint density at radius 2 is 1.76 bits per heavy atom. The number of fused-ring (bicyclic) bond motifs is 6. The van der Waals surface area contributed by atoms with Crippen LogP contribution in [0.15, 0.2) is 11.1 Å². The fraction of sp³-hybridized carbons (Fsp3) is 0.912. The number of rotatable bonds is 1. The van der Waals surface area contributed by atoms with Gasteiger partial charge in [0.05, 0.1) is 11.7 Å². The highest BCUT2D eigenvalue weighted by atomic mass is 16.5. The normalized spacial score (nSPS) is 45.1. The van der Waals surface area contributed by atoms with Crippen molar-refractivity contribution in [2.45, 2.75) is 157 Å². The number of Topliss-reactive ketones (excluding diaryl/α,β-unsaturated/α-hetero) is 1. The molecule has 0 aromatic carbocycles. The van der Waals surface area contributed by atoms with Crippen molar-refractivity contribution in [1.29, 1.82) is 0 Å². The molecule has 3 saturated carbocycles. The van der Waals surface area contributed by atoms with Crippen LogP contribution in [0.4, 0.5) is 0 Å². The van der Waals surface area contributed by atoms with E-state index in [1.807, 2.05) is 33.3 Å². The van der Waals surface area contributed by atoms with Crippen LogP contribution < -0.4 is 0 Å². The Morgan fingerprint density at radius 1 is 1.03 bits per heavy atom. The Morgan fingerprint density at radius 3 is 2.46 bits per heavy atom. The van der Waals surface area contributed by atoms with Gasteiger partial charge in [-0.1, -0.05) is 52.7 Å². The number of carbonyl (C=O) groups is 1. The maximum absolute atomic E-state index is 12.2. The van der Waals surface area contributed by atoms with Crippen molar-refractivity contribution in [1.82, 2.24) is 4.90 Å². The molecular formula is C34H59NO2. The number of hydrogen-bond donors (Lipinski definition) is 0. The van der Waals surface area contributed by atoms with E-state index < -0.39 is 0 Å². The van der Waals surface area contributed by atoms with Crippen molar-refractivity contribution >= 4 is 5.78 Å². The Balaban J connectivity index is 0.000000765. The lowest BCUT2D eigenvalue weighted by molar-refractivity contribution is -0.129. The average Bonchev–Trinajstić information content (AvgIpc) is 3.40. The van der Waals surface area contributed by atoms with Crippen LogP contribution in [-0.2, 0) is 9.53 Å². The lowest BCUT2D eigenvalue weighted by Gasteiger charge is -2.52. The predicted octanol–water partition coefficient (Wildman–Crippen LogP) is 8.61. The van der Waals surface area contributed by atoms with E-state index in [1.54, 1.807) is 5.57 Å².